The molecule has 1 fully saturated rings. The molecule has 216 valence electrons. The number of hydrogen-bond donors (Lipinski definition) is 4. The van der Waals surface area contributed by atoms with Crippen LogP contribution in [0.1, 0.15) is 51.8 Å². The van der Waals surface area contributed by atoms with E-state index in [-0.39, 0.29) is 30.2 Å². The molecule has 1 unspecified atom stereocenters. The number of benzene rings is 1. The summed E-state index contributed by atoms with van der Waals surface area (Å²) in [7, 11) is 0. The highest BCUT2D eigenvalue weighted by Gasteiger charge is 2.38. The second-order valence-corrected chi connectivity index (χ2v) is 11.0. The molecule has 2 aliphatic heterocycles. The monoisotopic (exact) mass is 550 g/mol. The fraction of sp³-hybridized carbons (Fsp3) is 0.533. The van der Waals surface area contributed by atoms with Gasteiger partial charge in [-0.1, -0.05) is 32.0 Å². The fourth-order valence-corrected chi connectivity index (χ4v) is 5.57. The van der Waals surface area contributed by atoms with Crippen molar-refractivity contribution >= 4 is 29.1 Å². The van der Waals surface area contributed by atoms with Crippen LogP contribution >= 0.6 is 0 Å². The number of carbonyl (C=O) groups is 3. The Hall–Kier alpha value is -3.50. The van der Waals surface area contributed by atoms with Crippen LogP contribution in [0, 0.1) is 5.92 Å². The molecule has 40 heavy (non-hydrogen) atoms. The van der Waals surface area contributed by atoms with Crippen molar-refractivity contribution in [3.63, 3.8) is 0 Å². The van der Waals surface area contributed by atoms with Crippen molar-refractivity contribution in [2.45, 2.75) is 77.7 Å². The summed E-state index contributed by atoms with van der Waals surface area (Å²) in [6, 6.07) is 9.52. The molecule has 4 rings (SSSR count). The number of aromatic nitrogens is 1. The third-order valence-corrected chi connectivity index (χ3v) is 7.59. The van der Waals surface area contributed by atoms with Gasteiger partial charge in [0.2, 0.25) is 17.7 Å². The van der Waals surface area contributed by atoms with E-state index in [4.69, 9.17) is 0 Å². The summed E-state index contributed by atoms with van der Waals surface area (Å²) in [5, 5.41) is 18.6. The van der Waals surface area contributed by atoms with Gasteiger partial charge in [-0.25, -0.2) is 0 Å². The first-order chi connectivity index (χ1) is 19.2. The summed E-state index contributed by atoms with van der Waals surface area (Å²) in [6.07, 6.45) is 2.20. The second kappa shape index (κ2) is 13.2. The highest BCUT2D eigenvalue weighted by atomic mass is 16.3. The number of nitrogens with zero attached hydrogens (tertiary/aromatic N) is 3. The average Bonchev–Trinajstić information content (AvgIpc) is 3.38. The number of pyridine rings is 1. The lowest BCUT2D eigenvalue weighted by atomic mass is 9.94. The molecule has 2 aliphatic rings. The summed E-state index contributed by atoms with van der Waals surface area (Å²) < 4.78 is 0. The van der Waals surface area contributed by atoms with Gasteiger partial charge in [0.15, 0.2) is 0 Å². The molecule has 1 aromatic heterocycles. The Bertz CT molecular complexity index is 1190. The minimum atomic E-state index is -0.799. The van der Waals surface area contributed by atoms with Gasteiger partial charge in [-0.2, -0.15) is 0 Å². The van der Waals surface area contributed by atoms with Gasteiger partial charge < -0.3 is 30.9 Å². The number of fused-ring (bicyclic) bond motifs is 1. The number of aliphatic hydroxyl groups is 1. The highest BCUT2D eigenvalue weighted by molar-refractivity contribution is 6.05. The molecule has 0 spiro atoms. The molecule has 0 bridgehead atoms. The SMILES string of the molecule is CCN(CC)c1cccc2c1N(Cc1ccccn1)C(=O)C(NC(=O)[C@@H](CC(C)C)NC(=O)[C@H]1C[C@@H](O)CN1)C2. The van der Waals surface area contributed by atoms with Gasteiger partial charge in [0.05, 0.1) is 35.8 Å². The molecule has 0 aliphatic carbocycles. The zero-order valence-corrected chi connectivity index (χ0v) is 23.9. The molecule has 10 nitrogen and oxygen atoms in total. The Morgan fingerprint density at radius 1 is 1.18 bits per heavy atom. The quantitative estimate of drug-likeness (QED) is 0.336. The van der Waals surface area contributed by atoms with Gasteiger partial charge in [-0.3, -0.25) is 19.4 Å². The number of rotatable bonds is 11. The molecule has 1 saturated heterocycles. The summed E-state index contributed by atoms with van der Waals surface area (Å²) >= 11 is 0. The lowest BCUT2D eigenvalue weighted by Crippen LogP contribution is -2.58. The second-order valence-electron chi connectivity index (χ2n) is 11.0. The van der Waals surface area contributed by atoms with Crippen molar-refractivity contribution in [2.24, 2.45) is 5.92 Å². The molecule has 0 radical (unpaired) electrons. The van der Waals surface area contributed by atoms with Crippen LogP contribution in [0.15, 0.2) is 42.6 Å². The van der Waals surface area contributed by atoms with Gasteiger partial charge in [-0.05, 0) is 56.4 Å². The van der Waals surface area contributed by atoms with E-state index in [9.17, 15) is 19.5 Å². The van der Waals surface area contributed by atoms with Crippen molar-refractivity contribution in [3.05, 3.63) is 53.9 Å². The van der Waals surface area contributed by atoms with E-state index in [2.05, 4.69) is 39.7 Å². The third kappa shape index (κ3) is 6.79. The topological polar surface area (TPSA) is 127 Å². The lowest BCUT2D eigenvalue weighted by molar-refractivity contribution is -0.132. The van der Waals surface area contributed by atoms with Crippen LogP contribution in [0.4, 0.5) is 11.4 Å². The van der Waals surface area contributed by atoms with Crippen LogP contribution in [-0.2, 0) is 27.3 Å². The Morgan fingerprint density at radius 3 is 2.58 bits per heavy atom. The predicted octanol–water partition coefficient (Wildman–Crippen LogP) is 1.76. The van der Waals surface area contributed by atoms with Crippen LogP contribution in [0.25, 0.3) is 0 Å². The number of nitrogens with one attached hydrogen (secondary N) is 3. The molecular weight excluding hydrogens is 508 g/mol. The maximum atomic E-state index is 14.0. The van der Waals surface area contributed by atoms with Crippen LogP contribution in [0.3, 0.4) is 0 Å². The van der Waals surface area contributed by atoms with Crippen LogP contribution in [-0.4, -0.2) is 71.7 Å². The number of amides is 3. The van der Waals surface area contributed by atoms with Crippen molar-refractivity contribution in [1.82, 2.24) is 20.9 Å². The van der Waals surface area contributed by atoms with E-state index in [0.717, 1.165) is 35.7 Å². The maximum absolute atomic E-state index is 14.0. The summed E-state index contributed by atoms with van der Waals surface area (Å²) in [6.45, 7) is 10.3. The molecule has 3 heterocycles. The van der Waals surface area contributed by atoms with Crippen molar-refractivity contribution in [1.29, 1.82) is 0 Å². The molecule has 4 N–H and O–H groups in total. The Morgan fingerprint density at radius 2 is 1.95 bits per heavy atom. The first-order valence-corrected chi connectivity index (χ1v) is 14.3. The zero-order valence-electron chi connectivity index (χ0n) is 23.9. The summed E-state index contributed by atoms with van der Waals surface area (Å²) in [4.78, 5) is 48.9. The number of para-hydroxylation sites is 1. The van der Waals surface area contributed by atoms with E-state index < -0.39 is 24.2 Å². The van der Waals surface area contributed by atoms with E-state index in [1.54, 1.807) is 11.1 Å². The van der Waals surface area contributed by atoms with Gasteiger partial charge in [0.1, 0.15) is 12.1 Å². The van der Waals surface area contributed by atoms with Crippen LogP contribution in [0.2, 0.25) is 0 Å². The normalized spacial score (nSPS) is 21.2. The minimum Gasteiger partial charge on any atom is -0.392 e. The zero-order chi connectivity index (χ0) is 28.8. The molecule has 2 aromatic rings. The highest BCUT2D eigenvalue weighted by Crippen LogP contribution is 2.38. The number of carbonyl (C=O) groups excluding carboxylic acids is 3. The lowest BCUT2D eigenvalue weighted by Gasteiger charge is -2.38. The largest absolute Gasteiger partial charge is 0.392 e. The third-order valence-electron chi connectivity index (χ3n) is 7.59. The van der Waals surface area contributed by atoms with Crippen LogP contribution in [0.5, 0.6) is 0 Å². The maximum Gasteiger partial charge on any atom is 0.250 e. The van der Waals surface area contributed by atoms with Gasteiger partial charge in [-0.15, -0.1) is 0 Å². The van der Waals surface area contributed by atoms with Crippen LogP contribution < -0.4 is 25.8 Å². The van der Waals surface area contributed by atoms with E-state index >= 15 is 0 Å². The first kappa shape index (κ1) is 29.5. The summed E-state index contributed by atoms with van der Waals surface area (Å²) in [5.41, 5.74) is 3.55. The van der Waals surface area contributed by atoms with Gasteiger partial charge in [0.25, 0.3) is 0 Å². The number of hydrogen-bond acceptors (Lipinski definition) is 7. The molecule has 3 amide bonds. The predicted molar refractivity (Wildman–Crippen MR) is 155 cm³/mol. The number of β-amino-alcohol motifs (C(OH)–C–C–N with tert-alkyl or cyclic N) is 1. The minimum absolute atomic E-state index is 0.137. The van der Waals surface area contributed by atoms with E-state index in [1.165, 1.54) is 0 Å². The molecule has 1 aromatic carbocycles. The molecular formula is C30H42N6O4. The standard InChI is InChI=1S/C30H42N6O4/c1-5-35(6-2)26-12-9-10-20-15-25(30(40)36(27(20)26)18-21-11-7-8-13-31-21)34-29(39)24(14-19(3)4)33-28(38)23-16-22(37)17-32-23/h7-13,19,22-25,32,37H,5-6,14-18H2,1-4H3,(H,33,38)(H,34,39)/t22-,23-,24-,25?/m1/s1. The van der Waals surface area contributed by atoms with Crippen molar-refractivity contribution in [2.75, 3.05) is 29.4 Å². The molecule has 0 saturated carbocycles. The first-order valence-electron chi connectivity index (χ1n) is 14.3. The smallest absolute Gasteiger partial charge is 0.250 e. The molecule has 10 heteroatoms. The van der Waals surface area contributed by atoms with Gasteiger partial charge >= 0.3 is 0 Å². The Labute approximate surface area is 236 Å². The summed E-state index contributed by atoms with van der Waals surface area (Å²) in [5.74, 6) is -0.780. The average molecular weight is 551 g/mol. The van der Waals surface area contributed by atoms with Gasteiger partial charge in [0, 0.05) is 32.3 Å². The van der Waals surface area contributed by atoms with Crippen molar-refractivity contribution in [3.8, 4) is 0 Å². The Kier molecular flexibility index (Phi) is 9.76. The number of anilines is 2. The fourth-order valence-electron chi connectivity index (χ4n) is 5.57. The van der Waals surface area contributed by atoms with Crippen molar-refractivity contribution < 1.29 is 19.5 Å². The van der Waals surface area contributed by atoms with E-state index in [1.807, 2.05) is 50.2 Å². The Balaban J connectivity index is 1.60. The number of aliphatic hydroxyl groups excluding tert-OH is 1. The van der Waals surface area contributed by atoms with E-state index in [0.29, 0.717) is 25.8 Å². The molecule has 4 atom stereocenters.